The van der Waals surface area contributed by atoms with Crippen LogP contribution in [0.1, 0.15) is 49.3 Å². The Bertz CT molecular complexity index is 529. The lowest BCUT2D eigenvalue weighted by molar-refractivity contribution is 0.810. The van der Waals surface area contributed by atoms with Gasteiger partial charge in [0.15, 0.2) is 0 Å². The number of benzene rings is 2. The molecule has 18 heavy (non-hydrogen) atoms. The van der Waals surface area contributed by atoms with Crippen LogP contribution in [0.4, 0.5) is 0 Å². The monoisotopic (exact) mass is 350 g/mol. The van der Waals surface area contributed by atoms with Crippen molar-refractivity contribution in [1.82, 2.24) is 0 Å². The maximum atomic E-state index is 2.43. The maximum Gasteiger partial charge on any atom is 0.0168 e. The van der Waals surface area contributed by atoms with Crippen molar-refractivity contribution in [3.8, 4) is 0 Å². The van der Waals surface area contributed by atoms with Crippen molar-refractivity contribution < 1.29 is 0 Å². The van der Waals surface area contributed by atoms with Crippen LogP contribution in [-0.4, -0.2) is 0 Å². The van der Waals surface area contributed by atoms with Crippen LogP contribution in [0.5, 0.6) is 0 Å². The molecule has 0 spiro atoms. The summed E-state index contributed by atoms with van der Waals surface area (Å²) in [6.45, 7) is 6.84. The summed E-state index contributed by atoms with van der Waals surface area (Å²) in [5, 5.41) is 0. The first-order chi connectivity index (χ1) is 8.61. The summed E-state index contributed by atoms with van der Waals surface area (Å²) in [5.41, 5.74) is 4.34. The number of hydrogen-bond acceptors (Lipinski definition) is 0. The van der Waals surface area contributed by atoms with Gasteiger partial charge < -0.3 is 0 Å². The Hall–Kier alpha value is -0.830. The molecule has 0 heterocycles. The lowest BCUT2D eigenvalue weighted by Crippen LogP contribution is -2.03. The standard InChI is InChI=1S/C17H19I/c1-12(2)14-8-4-5-9-15(14)13(3)16-10-6-7-11-17(16)18/h4-13H,1-3H3. The Kier molecular flexibility index (Phi) is 4.44. The molecule has 0 radical (unpaired) electrons. The van der Waals surface area contributed by atoms with E-state index in [0.29, 0.717) is 11.8 Å². The zero-order valence-electron chi connectivity index (χ0n) is 11.2. The van der Waals surface area contributed by atoms with Crippen molar-refractivity contribution in [3.05, 3.63) is 68.8 Å². The second-order valence-electron chi connectivity index (χ2n) is 5.03. The van der Waals surface area contributed by atoms with Gasteiger partial charge in [0, 0.05) is 9.49 Å². The third-order valence-corrected chi connectivity index (χ3v) is 4.44. The molecule has 0 saturated carbocycles. The van der Waals surface area contributed by atoms with E-state index in [9.17, 15) is 0 Å². The van der Waals surface area contributed by atoms with E-state index < -0.39 is 0 Å². The average molecular weight is 350 g/mol. The van der Waals surface area contributed by atoms with Crippen molar-refractivity contribution >= 4 is 22.6 Å². The van der Waals surface area contributed by atoms with Crippen molar-refractivity contribution in [2.45, 2.75) is 32.6 Å². The van der Waals surface area contributed by atoms with Crippen LogP contribution >= 0.6 is 22.6 Å². The van der Waals surface area contributed by atoms with Gasteiger partial charge in [0.1, 0.15) is 0 Å². The van der Waals surface area contributed by atoms with Crippen LogP contribution in [0, 0.1) is 3.57 Å². The van der Waals surface area contributed by atoms with Crippen LogP contribution in [0.3, 0.4) is 0 Å². The summed E-state index contributed by atoms with van der Waals surface area (Å²) >= 11 is 2.43. The van der Waals surface area contributed by atoms with E-state index in [4.69, 9.17) is 0 Å². The van der Waals surface area contributed by atoms with Gasteiger partial charge in [-0.1, -0.05) is 63.2 Å². The van der Waals surface area contributed by atoms with E-state index in [1.165, 1.54) is 20.3 Å². The molecule has 94 valence electrons. The predicted molar refractivity (Wildman–Crippen MR) is 87.2 cm³/mol. The van der Waals surface area contributed by atoms with Crippen LogP contribution in [0.25, 0.3) is 0 Å². The molecule has 0 nitrogen and oxygen atoms in total. The summed E-state index contributed by atoms with van der Waals surface area (Å²) in [4.78, 5) is 0. The summed E-state index contributed by atoms with van der Waals surface area (Å²) in [7, 11) is 0. The third-order valence-electron chi connectivity index (χ3n) is 3.46. The van der Waals surface area contributed by atoms with Crippen molar-refractivity contribution in [2.24, 2.45) is 0 Å². The summed E-state index contributed by atoms with van der Waals surface area (Å²) in [6, 6.07) is 17.5. The van der Waals surface area contributed by atoms with Crippen LogP contribution < -0.4 is 0 Å². The molecule has 0 aliphatic heterocycles. The van der Waals surface area contributed by atoms with Gasteiger partial charge in [-0.25, -0.2) is 0 Å². The van der Waals surface area contributed by atoms with E-state index in [1.54, 1.807) is 0 Å². The maximum absolute atomic E-state index is 2.43. The lowest BCUT2D eigenvalue weighted by Gasteiger charge is -2.20. The van der Waals surface area contributed by atoms with Gasteiger partial charge in [0.2, 0.25) is 0 Å². The molecule has 1 heteroatoms. The van der Waals surface area contributed by atoms with Gasteiger partial charge in [0.25, 0.3) is 0 Å². The van der Waals surface area contributed by atoms with E-state index in [0.717, 1.165) is 0 Å². The molecule has 0 amide bonds. The molecule has 0 saturated heterocycles. The smallest absolute Gasteiger partial charge is 0.0168 e. The molecule has 0 aliphatic carbocycles. The van der Waals surface area contributed by atoms with E-state index in [1.807, 2.05) is 0 Å². The zero-order chi connectivity index (χ0) is 13.1. The molecular formula is C17H19I. The number of hydrogen-bond donors (Lipinski definition) is 0. The quantitative estimate of drug-likeness (QED) is 0.635. The molecule has 2 aromatic rings. The molecule has 0 fully saturated rings. The predicted octanol–water partition coefficient (Wildman–Crippen LogP) is 5.57. The largest absolute Gasteiger partial charge is 0.0620 e. The Balaban J connectivity index is 2.46. The van der Waals surface area contributed by atoms with E-state index in [-0.39, 0.29) is 0 Å². The first-order valence-electron chi connectivity index (χ1n) is 6.44. The van der Waals surface area contributed by atoms with Gasteiger partial charge in [-0.15, -0.1) is 0 Å². The highest BCUT2D eigenvalue weighted by Gasteiger charge is 2.15. The number of halogens is 1. The normalized spacial score (nSPS) is 12.7. The van der Waals surface area contributed by atoms with Crippen LogP contribution in [-0.2, 0) is 0 Å². The minimum absolute atomic E-state index is 0.455. The fourth-order valence-electron chi connectivity index (χ4n) is 2.42. The van der Waals surface area contributed by atoms with Gasteiger partial charge in [-0.2, -0.15) is 0 Å². The lowest BCUT2D eigenvalue weighted by atomic mass is 9.86. The van der Waals surface area contributed by atoms with Crippen molar-refractivity contribution in [1.29, 1.82) is 0 Å². The molecule has 2 rings (SSSR count). The van der Waals surface area contributed by atoms with Crippen molar-refractivity contribution in [2.75, 3.05) is 0 Å². The summed E-state index contributed by atoms with van der Waals surface area (Å²) in [5.74, 6) is 1.03. The van der Waals surface area contributed by atoms with E-state index >= 15 is 0 Å². The summed E-state index contributed by atoms with van der Waals surface area (Å²) in [6.07, 6.45) is 0. The minimum Gasteiger partial charge on any atom is -0.0620 e. The van der Waals surface area contributed by atoms with Gasteiger partial charge in [-0.05, 0) is 51.3 Å². The van der Waals surface area contributed by atoms with E-state index in [2.05, 4.69) is 91.9 Å². The van der Waals surface area contributed by atoms with Crippen LogP contribution in [0.2, 0.25) is 0 Å². The second-order valence-corrected chi connectivity index (χ2v) is 6.19. The van der Waals surface area contributed by atoms with Crippen LogP contribution in [0.15, 0.2) is 48.5 Å². The molecule has 0 aliphatic rings. The summed E-state index contributed by atoms with van der Waals surface area (Å²) < 4.78 is 1.35. The molecule has 2 aromatic carbocycles. The average Bonchev–Trinajstić information content (AvgIpc) is 2.38. The topological polar surface area (TPSA) is 0 Å². The SMILES string of the molecule is CC(C)c1ccccc1C(C)c1ccccc1I. The number of rotatable bonds is 3. The Morgan fingerprint density at radius 3 is 1.78 bits per heavy atom. The first kappa shape index (κ1) is 13.6. The molecular weight excluding hydrogens is 331 g/mol. The molecule has 0 aromatic heterocycles. The Morgan fingerprint density at radius 2 is 1.22 bits per heavy atom. The minimum atomic E-state index is 0.455. The van der Waals surface area contributed by atoms with Crippen molar-refractivity contribution in [3.63, 3.8) is 0 Å². The zero-order valence-corrected chi connectivity index (χ0v) is 13.3. The fraction of sp³-hybridized carbons (Fsp3) is 0.294. The highest BCUT2D eigenvalue weighted by atomic mass is 127. The molecule has 1 unspecified atom stereocenters. The Labute approximate surface area is 124 Å². The molecule has 0 N–H and O–H groups in total. The highest BCUT2D eigenvalue weighted by Crippen LogP contribution is 2.32. The first-order valence-corrected chi connectivity index (χ1v) is 7.52. The van der Waals surface area contributed by atoms with Gasteiger partial charge in [-0.3, -0.25) is 0 Å². The second kappa shape index (κ2) is 5.87. The fourth-order valence-corrected chi connectivity index (χ4v) is 3.28. The van der Waals surface area contributed by atoms with Gasteiger partial charge in [0.05, 0.1) is 0 Å². The third kappa shape index (κ3) is 2.77. The molecule has 0 bridgehead atoms. The molecule has 1 atom stereocenters. The Morgan fingerprint density at radius 1 is 0.722 bits per heavy atom. The highest BCUT2D eigenvalue weighted by molar-refractivity contribution is 14.1. The van der Waals surface area contributed by atoms with Gasteiger partial charge >= 0.3 is 0 Å².